The Hall–Kier alpha value is -2.23. The Morgan fingerprint density at radius 2 is 2.00 bits per heavy atom. The van der Waals surface area contributed by atoms with Crippen molar-refractivity contribution < 1.29 is 9.47 Å². The summed E-state index contributed by atoms with van der Waals surface area (Å²) in [5.74, 6) is 1.28. The molecule has 0 aliphatic heterocycles. The van der Waals surface area contributed by atoms with Crippen LogP contribution in [0.5, 0.6) is 11.5 Å². The largest absolute Gasteiger partial charge is 0.494 e. The van der Waals surface area contributed by atoms with Crippen molar-refractivity contribution in [3.05, 3.63) is 58.5 Å². The first-order chi connectivity index (χ1) is 10.2. The van der Waals surface area contributed by atoms with Crippen LogP contribution in [0.15, 0.2) is 47.4 Å². The molecule has 0 atom stereocenters. The Morgan fingerprint density at radius 3 is 2.76 bits per heavy atom. The minimum absolute atomic E-state index is 0.0837. The van der Waals surface area contributed by atoms with Crippen LogP contribution < -0.4 is 15.0 Å². The number of nitrogens with zero attached hydrogens (tertiary/aromatic N) is 1. The van der Waals surface area contributed by atoms with Crippen LogP contribution in [0, 0.1) is 6.92 Å². The van der Waals surface area contributed by atoms with Gasteiger partial charge < -0.3 is 14.0 Å². The second-order valence-electron chi connectivity index (χ2n) is 4.95. The van der Waals surface area contributed by atoms with Crippen molar-refractivity contribution in [2.45, 2.75) is 26.3 Å². The molecule has 0 N–H and O–H groups in total. The fourth-order valence-corrected chi connectivity index (χ4v) is 2.13. The number of rotatable bonds is 7. The van der Waals surface area contributed by atoms with E-state index in [1.54, 1.807) is 16.8 Å². The number of hydrogen-bond acceptors (Lipinski definition) is 3. The topological polar surface area (TPSA) is 40.5 Å². The van der Waals surface area contributed by atoms with Gasteiger partial charge in [-0.05, 0) is 49.6 Å². The summed E-state index contributed by atoms with van der Waals surface area (Å²) < 4.78 is 12.4. The molecule has 2 aromatic rings. The van der Waals surface area contributed by atoms with Gasteiger partial charge in [0.2, 0.25) is 0 Å². The van der Waals surface area contributed by atoms with Crippen LogP contribution in [0.25, 0.3) is 0 Å². The summed E-state index contributed by atoms with van der Waals surface area (Å²) in [5, 5.41) is 0. The molecule has 1 aromatic carbocycles. The Labute approximate surface area is 124 Å². The molecule has 0 unspecified atom stereocenters. The molecule has 1 heterocycles. The zero-order chi connectivity index (χ0) is 15.1. The molecule has 0 saturated heterocycles. The van der Waals surface area contributed by atoms with Crippen LogP contribution in [0.2, 0.25) is 0 Å². The Bertz CT molecular complexity index is 634. The molecule has 0 aliphatic rings. The quantitative estimate of drug-likeness (QED) is 0.735. The van der Waals surface area contributed by atoms with Gasteiger partial charge in [-0.15, -0.1) is 0 Å². The molecule has 0 saturated carbocycles. The zero-order valence-electron chi connectivity index (χ0n) is 12.5. The van der Waals surface area contributed by atoms with Gasteiger partial charge in [-0.2, -0.15) is 0 Å². The third-order valence-corrected chi connectivity index (χ3v) is 3.26. The van der Waals surface area contributed by atoms with Gasteiger partial charge >= 0.3 is 0 Å². The SMILES string of the molecule is COc1cccn(CCCCOc2cccc(C)c2)c1=O. The van der Waals surface area contributed by atoms with E-state index in [-0.39, 0.29) is 5.56 Å². The standard InChI is InChI=1S/C17H21NO3/c1-14-7-5-8-15(13-14)21-12-4-3-10-18-11-6-9-16(20-2)17(18)19/h5-9,11,13H,3-4,10,12H2,1-2H3. The first-order valence-corrected chi connectivity index (χ1v) is 7.13. The van der Waals surface area contributed by atoms with Crippen molar-refractivity contribution in [2.24, 2.45) is 0 Å². The molecule has 112 valence electrons. The molecule has 0 spiro atoms. The number of methoxy groups -OCH3 is 1. The number of aryl methyl sites for hydroxylation is 2. The zero-order valence-corrected chi connectivity index (χ0v) is 12.5. The third-order valence-electron chi connectivity index (χ3n) is 3.26. The van der Waals surface area contributed by atoms with Gasteiger partial charge in [-0.25, -0.2) is 0 Å². The maximum atomic E-state index is 11.9. The number of ether oxygens (including phenoxy) is 2. The Morgan fingerprint density at radius 1 is 1.14 bits per heavy atom. The van der Waals surface area contributed by atoms with E-state index in [2.05, 4.69) is 0 Å². The van der Waals surface area contributed by atoms with Gasteiger partial charge in [-0.1, -0.05) is 12.1 Å². The molecule has 1 aromatic heterocycles. The maximum absolute atomic E-state index is 11.9. The van der Waals surface area contributed by atoms with Crippen LogP contribution in [0.1, 0.15) is 18.4 Å². The van der Waals surface area contributed by atoms with Crippen molar-refractivity contribution >= 4 is 0 Å². The highest BCUT2D eigenvalue weighted by molar-refractivity contribution is 5.27. The highest BCUT2D eigenvalue weighted by atomic mass is 16.5. The number of pyridine rings is 1. The molecule has 0 fully saturated rings. The molecular formula is C17H21NO3. The third kappa shape index (κ3) is 4.38. The lowest BCUT2D eigenvalue weighted by Gasteiger charge is -2.09. The van der Waals surface area contributed by atoms with Gasteiger partial charge in [0.25, 0.3) is 5.56 Å². The molecule has 4 heteroatoms. The molecule has 0 aliphatic carbocycles. The van der Waals surface area contributed by atoms with Crippen LogP contribution in [0.3, 0.4) is 0 Å². The summed E-state index contributed by atoms with van der Waals surface area (Å²) in [5.41, 5.74) is 1.11. The summed E-state index contributed by atoms with van der Waals surface area (Å²) in [6, 6.07) is 11.5. The van der Waals surface area contributed by atoms with Gasteiger partial charge in [-0.3, -0.25) is 4.79 Å². The normalized spacial score (nSPS) is 10.4. The first kappa shape index (κ1) is 15.2. The average Bonchev–Trinajstić information content (AvgIpc) is 2.48. The highest BCUT2D eigenvalue weighted by Gasteiger charge is 2.02. The minimum atomic E-state index is -0.0837. The fourth-order valence-electron chi connectivity index (χ4n) is 2.13. The summed E-state index contributed by atoms with van der Waals surface area (Å²) in [6.07, 6.45) is 3.57. The predicted octanol–water partition coefficient (Wildman–Crippen LogP) is 3.02. The molecule has 0 radical (unpaired) electrons. The van der Waals surface area contributed by atoms with Crippen molar-refractivity contribution in [2.75, 3.05) is 13.7 Å². The van der Waals surface area contributed by atoms with E-state index >= 15 is 0 Å². The van der Waals surface area contributed by atoms with Crippen LogP contribution in [-0.2, 0) is 6.54 Å². The number of aromatic nitrogens is 1. The first-order valence-electron chi connectivity index (χ1n) is 7.13. The van der Waals surface area contributed by atoms with E-state index in [1.165, 1.54) is 12.7 Å². The lowest BCUT2D eigenvalue weighted by molar-refractivity contribution is 0.302. The molecular weight excluding hydrogens is 266 g/mol. The Kier molecular flexibility index (Phi) is 5.43. The lowest BCUT2D eigenvalue weighted by atomic mass is 10.2. The van der Waals surface area contributed by atoms with E-state index in [0.717, 1.165) is 18.6 Å². The molecule has 21 heavy (non-hydrogen) atoms. The predicted molar refractivity (Wildman–Crippen MR) is 83.2 cm³/mol. The van der Waals surface area contributed by atoms with Gasteiger partial charge in [0.1, 0.15) is 5.75 Å². The van der Waals surface area contributed by atoms with Crippen molar-refractivity contribution in [3.8, 4) is 11.5 Å². The number of hydrogen-bond donors (Lipinski definition) is 0. The number of benzene rings is 1. The van der Waals surface area contributed by atoms with E-state index in [4.69, 9.17) is 9.47 Å². The summed E-state index contributed by atoms with van der Waals surface area (Å²) in [7, 11) is 1.51. The van der Waals surface area contributed by atoms with E-state index < -0.39 is 0 Å². The van der Waals surface area contributed by atoms with Crippen molar-refractivity contribution in [1.82, 2.24) is 4.57 Å². The second kappa shape index (κ2) is 7.53. The maximum Gasteiger partial charge on any atom is 0.292 e. The second-order valence-corrected chi connectivity index (χ2v) is 4.95. The lowest BCUT2D eigenvalue weighted by Crippen LogP contribution is -2.20. The Balaban J connectivity index is 1.76. The molecule has 0 bridgehead atoms. The van der Waals surface area contributed by atoms with Gasteiger partial charge in [0.05, 0.1) is 13.7 Å². The smallest absolute Gasteiger partial charge is 0.292 e. The van der Waals surface area contributed by atoms with E-state index in [1.807, 2.05) is 37.3 Å². The molecule has 4 nitrogen and oxygen atoms in total. The van der Waals surface area contributed by atoms with Crippen molar-refractivity contribution in [3.63, 3.8) is 0 Å². The van der Waals surface area contributed by atoms with Gasteiger partial charge in [0.15, 0.2) is 5.75 Å². The fraction of sp³-hybridized carbons (Fsp3) is 0.353. The van der Waals surface area contributed by atoms with Crippen LogP contribution in [0.4, 0.5) is 0 Å². The average molecular weight is 287 g/mol. The summed E-state index contributed by atoms with van der Waals surface area (Å²) in [6.45, 7) is 3.37. The van der Waals surface area contributed by atoms with Crippen LogP contribution in [-0.4, -0.2) is 18.3 Å². The monoisotopic (exact) mass is 287 g/mol. The van der Waals surface area contributed by atoms with E-state index in [9.17, 15) is 4.79 Å². The highest BCUT2D eigenvalue weighted by Crippen LogP contribution is 2.12. The summed E-state index contributed by atoms with van der Waals surface area (Å²) >= 11 is 0. The number of unbranched alkanes of at least 4 members (excludes halogenated alkanes) is 1. The van der Waals surface area contributed by atoms with Crippen LogP contribution >= 0.6 is 0 Å². The molecule has 2 rings (SSSR count). The van der Waals surface area contributed by atoms with Crippen molar-refractivity contribution in [1.29, 1.82) is 0 Å². The van der Waals surface area contributed by atoms with Gasteiger partial charge in [0, 0.05) is 12.7 Å². The minimum Gasteiger partial charge on any atom is -0.494 e. The van der Waals surface area contributed by atoms with E-state index in [0.29, 0.717) is 18.9 Å². The molecule has 0 amide bonds. The summed E-state index contributed by atoms with van der Waals surface area (Å²) in [4.78, 5) is 11.9.